The largest absolute Gasteiger partial charge is 0.494 e. The summed E-state index contributed by atoms with van der Waals surface area (Å²) in [5, 5.41) is 3.26. The summed E-state index contributed by atoms with van der Waals surface area (Å²) in [6, 6.07) is 23.8. The molecule has 1 aliphatic rings. The molecule has 1 atom stereocenters. The lowest BCUT2D eigenvalue weighted by molar-refractivity contribution is -0.141. The Labute approximate surface area is 276 Å². The summed E-state index contributed by atoms with van der Waals surface area (Å²) in [6.07, 6.45) is 7.14. The number of nitrogens with one attached hydrogen (secondary N) is 1. The highest BCUT2D eigenvalue weighted by Gasteiger charge is 2.32. The van der Waals surface area contributed by atoms with Crippen molar-refractivity contribution >= 4 is 43.5 Å². The van der Waals surface area contributed by atoms with Crippen LogP contribution in [0.1, 0.15) is 63.0 Å². The summed E-state index contributed by atoms with van der Waals surface area (Å²) >= 11 is 3.48. The van der Waals surface area contributed by atoms with E-state index in [4.69, 9.17) is 4.74 Å². The Bertz CT molecular complexity index is 1480. The van der Waals surface area contributed by atoms with Gasteiger partial charge in [-0.15, -0.1) is 0 Å². The summed E-state index contributed by atoms with van der Waals surface area (Å²) in [5.74, 6) is 0.311. The summed E-state index contributed by atoms with van der Waals surface area (Å²) in [7, 11) is -3.60. The van der Waals surface area contributed by atoms with Gasteiger partial charge >= 0.3 is 0 Å². The van der Waals surface area contributed by atoms with Crippen LogP contribution in [0.2, 0.25) is 0 Å². The van der Waals surface area contributed by atoms with Gasteiger partial charge in [-0.3, -0.25) is 13.9 Å². The smallest absolute Gasteiger partial charge is 0.243 e. The summed E-state index contributed by atoms with van der Waals surface area (Å²) < 4.78 is 33.2. The molecule has 0 unspecified atom stereocenters. The van der Waals surface area contributed by atoms with E-state index in [0.717, 1.165) is 47.5 Å². The number of amides is 2. The lowest BCUT2D eigenvalue weighted by Gasteiger charge is -2.34. The van der Waals surface area contributed by atoms with E-state index in [0.29, 0.717) is 24.5 Å². The zero-order valence-corrected chi connectivity index (χ0v) is 28.6. The first-order valence-corrected chi connectivity index (χ1v) is 18.4. The number of carbonyl (C=O) groups excluding carboxylic acids is 2. The molecule has 0 saturated heterocycles. The quantitative estimate of drug-likeness (QED) is 0.196. The number of anilines is 1. The summed E-state index contributed by atoms with van der Waals surface area (Å²) in [4.78, 5) is 29.7. The number of rotatable bonds is 15. The van der Waals surface area contributed by atoms with Gasteiger partial charge in [-0.2, -0.15) is 0 Å². The zero-order chi connectivity index (χ0) is 32.2. The molecule has 1 fully saturated rings. The second kappa shape index (κ2) is 16.8. The second-order valence-electron chi connectivity index (χ2n) is 11.6. The van der Waals surface area contributed by atoms with Crippen molar-refractivity contribution in [2.75, 3.05) is 23.7 Å². The Balaban J connectivity index is 1.56. The highest BCUT2D eigenvalue weighted by Crippen LogP contribution is 2.24. The number of halogens is 1. The molecule has 0 aliphatic heterocycles. The molecule has 3 aromatic carbocycles. The molecule has 0 aromatic heterocycles. The van der Waals surface area contributed by atoms with Crippen LogP contribution < -0.4 is 14.4 Å². The molecular formula is C35H44BrN3O5S. The van der Waals surface area contributed by atoms with Crippen molar-refractivity contribution in [1.82, 2.24) is 10.2 Å². The number of hydrogen-bond acceptors (Lipinski definition) is 5. The molecule has 1 saturated carbocycles. The molecule has 1 aliphatic carbocycles. The molecule has 3 aromatic rings. The first-order chi connectivity index (χ1) is 21.6. The van der Waals surface area contributed by atoms with Crippen LogP contribution in [-0.4, -0.2) is 56.6 Å². The number of carbonyl (C=O) groups is 2. The van der Waals surface area contributed by atoms with Gasteiger partial charge in [0.25, 0.3) is 0 Å². The maximum absolute atomic E-state index is 14.1. The molecule has 4 rings (SSSR count). The van der Waals surface area contributed by atoms with Gasteiger partial charge in [0.2, 0.25) is 21.8 Å². The van der Waals surface area contributed by atoms with E-state index < -0.39 is 16.1 Å². The van der Waals surface area contributed by atoms with Crippen LogP contribution in [0.15, 0.2) is 83.3 Å². The van der Waals surface area contributed by atoms with Crippen LogP contribution in [0.25, 0.3) is 0 Å². The second-order valence-corrected chi connectivity index (χ2v) is 14.4. The number of ether oxygens (including phenoxy) is 1. The molecule has 0 spiro atoms. The fourth-order valence-corrected chi connectivity index (χ4v) is 6.99. The van der Waals surface area contributed by atoms with Gasteiger partial charge in [-0.1, -0.05) is 77.7 Å². The SMILES string of the molecule is CCOc1ccc(N(CCCC(=O)N(Cc2ccc(Br)cc2)[C@@H](Cc2ccccc2)C(=O)NC2CCCCC2)S(C)(=O)=O)cc1. The zero-order valence-electron chi connectivity index (χ0n) is 26.2. The van der Waals surface area contributed by atoms with E-state index in [-0.39, 0.29) is 43.8 Å². The number of hydrogen-bond donors (Lipinski definition) is 1. The normalized spacial score (nSPS) is 14.4. The topological polar surface area (TPSA) is 96.0 Å². The monoisotopic (exact) mass is 697 g/mol. The Kier molecular flexibility index (Phi) is 12.9. The lowest BCUT2D eigenvalue weighted by atomic mass is 9.94. The average molecular weight is 699 g/mol. The molecular weight excluding hydrogens is 654 g/mol. The Morgan fingerprint density at radius 2 is 1.60 bits per heavy atom. The fourth-order valence-electron chi connectivity index (χ4n) is 5.76. The van der Waals surface area contributed by atoms with Gasteiger partial charge in [0.1, 0.15) is 11.8 Å². The molecule has 1 N–H and O–H groups in total. The van der Waals surface area contributed by atoms with Crippen molar-refractivity contribution in [2.45, 2.75) is 76.9 Å². The van der Waals surface area contributed by atoms with Gasteiger partial charge in [0.15, 0.2) is 0 Å². The third-order valence-electron chi connectivity index (χ3n) is 8.08. The average Bonchev–Trinajstić information content (AvgIpc) is 3.03. The third-order valence-corrected chi connectivity index (χ3v) is 9.80. The molecule has 2 amide bonds. The van der Waals surface area contributed by atoms with Crippen molar-refractivity contribution in [3.8, 4) is 5.75 Å². The van der Waals surface area contributed by atoms with E-state index >= 15 is 0 Å². The summed E-state index contributed by atoms with van der Waals surface area (Å²) in [6.45, 7) is 2.79. The van der Waals surface area contributed by atoms with Gasteiger partial charge < -0.3 is 15.0 Å². The highest BCUT2D eigenvalue weighted by atomic mass is 79.9. The van der Waals surface area contributed by atoms with E-state index in [9.17, 15) is 18.0 Å². The van der Waals surface area contributed by atoms with E-state index in [1.807, 2.05) is 61.5 Å². The van der Waals surface area contributed by atoms with Gasteiger partial charge in [-0.05, 0) is 73.7 Å². The highest BCUT2D eigenvalue weighted by molar-refractivity contribution is 9.10. The molecule has 8 nitrogen and oxygen atoms in total. The number of benzene rings is 3. The Morgan fingerprint density at radius 3 is 2.22 bits per heavy atom. The van der Waals surface area contributed by atoms with Crippen LogP contribution in [0.3, 0.4) is 0 Å². The van der Waals surface area contributed by atoms with Crippen molar-refractivity contribution in [3.05, 3.63) is 94.5 Å². The molecule has 45 heavy (non-hydrogen) atoms. The molecule has 0 heterocycles. The fraction of sp³-hybridized carbons (Fsp3) is 0.429. The number of nitrogens with zero attached hydrogens (tertiary/aromatic N) is 2. The number of sulfonamides is 1. The molecule has 0 radical (unpaired) electrons. The van der Waals surface area contributed by atoms with E-state index in [1.165, 1.54) is 10.7 Å². The maximum atomic E-state index is 14.1. The Morgan fingerprint density at radius 1 is 0.933 bits per heavy atom. The van der Waals surface area contributed by atoms with Gasteiger partial charge in [0, 0.05) is 36.4 Å². The van der Waals surface area contributed by atoms with E-state index in [1.54, 1.807) is 29.2 Å². The Hall–Kier alpha value is -3.37. The minimum atomic E-state index is -3.60. The third kappa shape index (κ3) is 10.6. The lowest BCUT2D eigenvalue weighted by Crippen LogP contribution is -2.52. The van der Waals surface area contributed by atoms with Crippen molar-refractivity contribution < 1.29 is 22.7 Å². The van der Waals surface area contributed by atoms with Gasteiger partial charge in [0.05, 0.1) is 18.6 Å². The van der Waals surface area contributed by atoms with Crippen molar-refractivity contribution in [3.63, 3.8) is 0 Å². The van der Waals surface area contributed by atoms with Crippen LogP contribution >= 0.6 is 15.9 Å². The predicted molar refractivity (Wildman–Crippen MR) is 183 cm³/mol. The molecule has 10 heteroatoms. The maximum Gasteiger partial charge on any atom is 0.243 e. The van der Waals surface area contributed by atoms with Crippen molar-refractivity contribution in [1.29, 1.82) is 0 Å². The van der Waals surface area contributed by atoms with Crippen LogP contribution in [-0.2, 0) is 32.6 Å². The van der Waals surface area contributed by atoms with Crippen molar-refractivity contribution in [2.24, 2.45) is 0 Å². The van der Waals surface area contributed by atoms with Crippen LogP contribution in [0, 0.1) is 0 Å². The van der Waals surface area contributed by atoms with Crippen LogP contribution in [0.5, 0.6) is 5.75 Å². The van der Waals surface area contributed by atoms with Crippen LogP contribution in [0.4, 0.5) is 5.69 Å². The predicted octanol–water partition coefficient (Wildman–Crippen LogP) is 6.48. The first kappa shape index (κ1) is 34.5. The molecule has 0 bridgehead atoms. The minimum absolute atomic E-state index is 0.0849. The van der Waals surface area contributed by atoms with E-state index in [2.05, 4.69) is 21.2 Å². The first-order valence-electron chi connectivity index (χ1n) is 15.7. The summed E-state index contributed by atoms with van der Waals surface area (Å²) in [5.41, 5.74) is 2.38. The minimum Gasteiger partial charge on any atom is -0.494 e. The molecule has 242 valence electrons. The standard InChI is InChI=1S/C35H44BrN3O5S/c1-3-44-32-22-20-31(21-23-32)39(45(2,42)43)24-10-15-34(40)38(26-28-16-18-29(36)19-17-28)33(25-27-11-6-4-7-12-27)35(41)37-30-13-8-5-9-14-30/h4,6-7,11-12,16-23,30,33H,3,5,8-10,13-15,24-26H2,1-2H3,(H,37,41)/t33-/m0/s1. The van der Waals surface area contributed by atoms with Gasteiger partial charge in [-0.25, -0.2) is 8.42 Å².